The van der Waals surface area contributed by atoms with Gasteiger partial charge in [-0.1, -0.05) is 23.2 Å². The highest BCUT2D eigenvalue weighted by atomic mass is 35.5. The molecule has 0 aliphatic carbocycles. The van der Waals surface area contributed by atoms with Crippen LogP contribution in [0.2, 0.25) is 5.02 Å². The summed E-state index contributed by atoms with van der Waals surface area (Å²) in [6.45, 7) is 3.53. The maximum atomic E-state index is 12.6. The van der Waals surface area contributed by atoms with Crippen molar-refractivity contribution in [2.45, 2.75) is 19.8 Å². The van der Waals surface area contributed by atoms with Crippen molar-refractivity contribution in [3.63, 3.8) is 0 Å². The summed E-state index contributed by atoms with van der Waals surface area (Å²) in [6.07, 6.45) is 1.71. The molecule has 0 fully saturated rings. The fourth-order valence-electron chi connectivity index (χ4n) is 3.46. The first kappa shape index (κ1) is 16.0. The van der Waals surface area contributed by atoms with E-state index in [9.17, 15) is 4.79 Å². The maximum Gasteiger partial charge on any atom is 0.321 e. The highest BCUT2D eigenvalue weighted by Crippen LogP contribution is 2.27. The Morgan fingerprint density at radius 2 is 1.88 bits per heavy atom. The summed E-state index contributed by atoms with van der Waals surface area (Å²) in [5, 5.41) is 4.90. The second-order valence-corrected chi connectivity index (χ2v) is 6.99. The molecule has 0 radical (unpaired) electrons. The lowest BCUT2D eigenvalue weighted by Crippen LogP contribution is -2.36. The van der Waals surface area contributed by atoms with Crippen molar-refractivity contribution in [1.82, 2.24) is 9.88 Å². The molecule has 25 heavy (non-hydrogen) atoms. The van der Waals surface area contributed by atoms with Crippen LogP contribution in [0.5, 0.6) is 0 Å². The van der Waals surface area contributed by atoms with Crippen LogP contribution >= 0.6 is 11.6 Å². The number of carbonyl (C=O) groups excluding carboxylic acids is 1. The minimum atomic E-state index is -0.0621. The van der Waals surface area contributed by atoms with E-state index in [2.05, 4.69) is 35.4 Å². The average Bonchev–Trinajstić information content (AvgIpc) is 2.80. The van der Waals surface area contributed by atoms with Gasteiger partial charge in [0, 0.05) is 46.8 Å². The largest absolute Gasteiger partial charge is 0.358 e. The number of nitrogens with one attached hydrogen (secondary N) is 2. The summed E-state index contributed by atoms with van der Waals surface area (Å²) in [6, 6.07) is 13.6. The molecule has 0 saturated carbocycles. The van der Waals surface area contributed by atoms with E-state index in [1.807, 2.05) is 17.0 Å². The fraction of sp³-hybridized carbons (Fsp3) is 0.250. The van der Waals surface area contributed by atoms with Gasteiger partial charge < -0.3 is 15.2 Å². The lowest BCUT2D eigenvalue weighted by molar-refractivity contribution is 0.214. The van der Waals surface area contributed by atoms with Crippen LogP contribution in [0.3, 0.4) is 0 Å². The number of benzene rings is 2. The third kappa shape index (κ3) is 3.22. The lowest BCUT2D eigenvalue weighted by Gasteiger charge is -2.21. The molecular weight excluding hydrogens is 334 g/mol. The minimum absolute atomic E-state index is 0.0621. The first-order chi connectivity index (χ1) is 12.1. The Labute approximate surface area is 151 Å². The maximum absolute atomic E-state index is 12.6. The van der Waals surface area contributed by atoms with Gasteiger partial charge in [0.15, 0.2) is 0 Å². The number of urea groups is 1. The molecule has 4 nitrogen and oxygen atoms in total. The first-order valence-corrected chi connectivity index (χ1v) is 8.89. The highest BCUT2D eigenvalue weighted by molar-refractivity contribution is 6.30. The van der Waals surface area contributed by atoms with Gasteiger partial charge in [-0.2, -0.15) is 0 Å². The molecule has 5 heteroatoms. The zero-order valence-corrected chi connectivity index (χ0v) is 14.9. The van der Waals surface area contributed by atoms with Crippen LogP contribution < -0.4 is 5.32 Å². The van der Waals surface area contributed by atoms with E-state index in [0.29, 0.717) is 18.1 Å². The Hall–Kier alpha value is -2.46. The van der Waals surface area contributed by atoms with Crippen molar-refractivity contribution in [3.05, 3.63) is 64.3 Å². The van der Waals surface area contributed by atoms with E-state index >= 15 is 0 Å². The van der Waals surface area contributed by atoms with Crippen molar-refractivity contribution in [3.8, 4) is 0 Å². The minimum Gasteiger partial charge on any atom is -0.358 e. The topological polar surface area (TPSA) is 48.1 Å². The molecule has 0 spiro atoms. The van der Waals surface area contributed by atoms with E-state index in [-0.39, 0.29) is 6.03 Å². The van der Waals surface area contributed by atoms with Crippen molar-refractivity contribution >= 4 is 34.2 Å². The zero-order chi connectivity index (χ0) is 17.4. The SMILES string of the molecule is Cc1ccc2[nH]c3c(c2c1)CCN(C(=O)Nc1ccc(Cl)cc1)CC3. The van der Waals surface area contributed by atoms with Gasteiger partial charge in [0.1, 0.15) is 0 Å². The normalized spacial score (nSPS) is 14.2. The Kier molecular flexibility index (Phi) is 4.14. The lowest BCUT2D eigenvalue weighted by atomic mass is 10.1. The van der Waals surface area contributed by atoms with E-state index in [4.69, 9.17) is 11.6 Å². The number of nitrogens with zero attached hydrogens (tertiary/aromatic N) is 1. The van der Waals surface area contributed by atoms with Crippen molar-refractivity contribution in [2.75, 3.05) is 18.4 Å². The molecule has 1 aliphatic heterocycles. The number of halogens is 1. The molecule has 1 aromatic heterocycles. The summed E-state index contributed by atoms with van der Waals surface area (Å²) >= 11 is 5.89. The van der Waals surface area contributed by atoms with Gasteiger partial charge in [0.2, 0.25) is 0 Å². The van der Waals surface area contributed by atoms with Crippen LogP contribution in [-0.2, 0) is 12.8 Å². The molecule has 1 aliphatic rings. The smallest absolute Gasteiger partial charge is 0.321 e. The Morgan fingerprint density at radius 3 is 2.68 bits per heavy atom. The number of carbonyl (C=O) groups is 1. The fourth-order valence-corrected chi connectivity index (χ4v) is 3.59. The monoisotopic (exact) mass is 353 g/mol. The third-order valence-corrected chi connectivity index (χ3v) is 5.05. The predicted molar refractivity (Wildman–Crippen MR) is 102 cm³/mol. The second kappa shape index (κ2) is 6.45. The Morgan fingerprint density at radius 1 is 1.12 bits per heavy atom. The van der Waals surface area contributed by atoms with Gasteiger partial charge in [-0.25, -0.2) is 4.79 Å². The number of aromatic nitrogens is 1. The molecule has 0 atom stereocenters. The number of hydrogen-bond acceptors (Lipinski definition) is 1. The Bertz CT molecular complexity index is 930. The molecule has 2 N–H and O–H groups in total. The summed E-state index contributed by atoms with van der Waals surface area (Å²) in [5.74, 6) is 0. The molecule has 0 bridgehead atoms. The quantitative estimate of drug-likeness (QED) is 0.651. The summed E-state index contributed by atoms with van der Waals surface area (Å²) in [5.41, 5.74) is 5.81. The highest BCUT2D eigenvalue weighted by Gasteiger charge is 2.21. The number of fused-ring (bicyclic) bond motifs is 3. The van der Waals surface area contributed by atoms with Crippen molar-refractivity contribution in [1.29, 1.82) is 0 Å². The molecule has 2 heterocycles. The molecule has 3 aromatic rings. The van der Waals surface area contributed by atoms with Crippen LogP contribution in [0.4, 0.5) is 10.5 Å². The van der Waals surface area contributed by atoms with E-state index < -0.39 is 0 Å². The predicted octanol–water partition coefficient (Wildman–Crippen LogP) is 4.76. The molecule has 2 aromatic carbocycles. The van der Waals surface area contributed by atoms with E-state index in [1.165, 1.54) is 27.7 Å². The van der Waals surface area contributed by atoms with Gasteiger partial charge in [-0.05, 0) is 55.3 Å². The van der Waals surface area contributed by atoms with Crippen LogP contribution in [-0.4, -0.2) is 29.0 Å². The van der Waals surface area contributed by atoms with E-state index in [1.54, 1.807) is 12.1 Å². The Balaban J connectivity index is 1.50. The van der Waals surface area contributed by atoms with E-state index in [0.717, 1.165) is 18.5 Å². The molecule has 4 rings (SSSR count). The molecule has 0 saturated heterocycles. The summed E-state index contributed by atoms with van der Waals surface area (Å²) in [7, 11) is 0. The van der Waals surface area contributed by atoms with Gasteiger partial charge in [-0.3, -0.25) is 0 Å². The zero-order valence-electron chi connectivity index (χ0n) is 14.1. The van der Waals surface area contributed by atoms with Gasteiger partial charge in [0.05, 0.1) is 0 Å². The van der Waals surface area contributed by atoms with Gasteiger partial charge >= 0.3 is 6.03 Å². The number of H-pyrrole nitrogens is 1. The van der Waals surface area contributed by atoms with Crippen LogP contribution in [0.25, 0.3) is 10.9 Å². The van der Waals surface area contributed by atoms with Gasteiger partial charge in [-0.15, -0.1) is 0 Å². The first-order valence-electron chi connectivity index (χ1n) is 8.52. The number of hydrogen-bond donors (Lipinski definition) is 2. The summed E-state index contributed by atoms with van der Waals surface area (Å²) in [4.78, 5) is 18.0. The molecular formula is C20H20ClN3O. The molecule has 128 valence electrons. The van der Waals surface area contributed by atoms with Crippen LogP contribution in [0.1, 0.15) is 16.8 Å². The number of aryl methyl sites for hydroxylation is 1. The van der Waals surface area contributed by atoms with Crippen molar-refractivity contribution in [2.24, 2.45) is 0 Å². The number of anilines is 1. The standard InChI is InChI=1S/C20H20ClN3O/c1-13-2-7-18-17(12-13)16-8-10-24(11-9-19(16)23-18)20(25)22-15-5-3-14(21)4-6-15/h2-7,12,23H,8-11H2,1H3,(H,22,25). The van der Waals surface area contributed by atoms with Crippen LogP contribution in [0, 0.1) is 6.92 Å². The third-order valence-electron chi connectivity index (χ3n) is 4.80. The second-order valence-electron chi connectivity index (χ2n) is 6.56. The molecule has 0 unspecified atom stereocenters. The van der Waals surface area contributed by atoms with Crippen LogP contribution in [0.15, 0.2) is 42.5 Å². The number of amides is 2. The average molecular weight is 354 g/mol. The molecule has 2 amide bonds. The number of rotatable bonds is 1. The number of aromatic amines is 1. The summed E-state index contributed by atoms with van der Waals surface area (Å²) < 4.78 is 0. The van der Waals surface area contributed by atoms with Gasteiger partial charge in [0.25, 0.3) is 0 Å². The van der Waals surface area contributed by atoms with Crippen molar-refractivity contribution < 1.29 is 4.79 Å².